The van der Waals surface area contributed by atoms with Crippen molar-refractivity contribution in [3.63, 3.8) is 0 Å². The molecule has 0 bridgehead atoms. The summed E-state index contributed by atoms with van der Waals surface area (Å²) in [5.74, 6) is -4.00. The number of halogens is 1. The van der Waals surface area contributed by atoms with Crippen molar-refractivity contribution in [1.29, 1.82) is 0 Å². The number of esters is 2. The van der Waals surface area contributed by atoms with E-state index in [-0.39, 0.29) is 16.9 Å². The maximum Gasteiger partial charge on any atom is 0.347 e. The third-order valence-corrected chi connectivity index (χ3v) is 2.63. The van der Waals surface area contributed by atoms with Crippen LogP contribution in [0.25, 0.3) is 0 Å². The number of carbonyl (C=O) groups is 4. The monoisotopic (exact) mass is 420 g/mol. The second-order valence-electron chi connectivity index (χ2n) is 3.69. The van der Waals surface area contributed by atoms with Gasteiger partial charge in [-0.25, -0.2) is 19.2 Å². The molecule has 1 rings (SSSR count). The Hall–Kier alpha value is -2.43. The smallest absolute Gasteiger partial charge is 0.347 e. The topological polar surface area (TPSA) is 116 Å². The molecule has 0 saturated heterocycles. The highest BCUT2D eigenvalue weighted by molar-refractivity contribution is 14.1. The van der Waals surface area contributed by atoms with Crippen LogP contribution in [0.3, 0.4) is 0 Å². The number of carboxylic acid groups (broad SMARTS) is 1. The average Bonchev–Trinajstić information content (AvgIpc) is 2.51. The minimum absolute atomic E-state index is 0.103. The number of rotatable bonds is 5. The lowest BCUT2D eigenvalue weighted by Crippen LogP contribution is -2.09. The van der Waals surface area contributed by atoms with Gasteiger partial charge in [-0.05, 0) is 18.2 Å². The first kappa shape index (κ1) is 17.6. The molecule has 1 N–H and O–H groups in total. The number of methoxy groups -OCH3 is 1. The van der Waals surface area contributed by atoms with Gasteiger partial charge in [0.2, 0.25) is 0 Å². The summed E-state index contributed by atoms with van der Waals surface area (Å²) in [6, 6.07) is 3.26. The molecule has 0 atom stereocenters. The number of ether oxygens (including phenoxy) is 2. The summed E-state index contributed by atoms with van der Waals surface area (Å²) in [7, 11) is 1.14. The number of carbonyl (C=O) groups excluding carboxylic acids is 3. The summed E-state index contributed by atoms with van der Waals surface area (Å²) in [4.78, 5) is 44.7. The zero-order valence-corrected chi connectivity index (χ0v) is 13.2. The largest absolute Gasteiger partial charge is 0.478 e. The Labute approximate surface area is 138 Å². The van der Waals surface area contributed by atoms with E-state index in [1.165, 1.54) is 23.0 Å². The van der Waals surface area contributed by atoms with Crippen molar-refractivity contribution in [2.75, 3.05) is 7.11 Å². The van der Waals surface area contributed by atoms with E-state index < -0.39 is 23.9 Å². The number of hydrogen-bond acceptors (Lipinski definition) is 7. The number of benzene rings is 1. The third-order valence-electron chi connectivity index (χ3n) is 2.23. The molecule has 0 spiro atoms. The molecule has 0 aromatic heterocycles. The maximum atomic E-state index is 11.5. The van der Waals surface area contributed by atoms with E-state index >= 15 is 0 Å². The second-order valence-corrected chi connectivity index (χ2v) is 4.13. The molecular weight excluding hydrogens is 411 g/mol. The van der Waals surface area contributed by atoms with Crippen molar-refractivity contribution in [3.05, 3.63) is 41.5 Å². The zero-order chi connectivity index (χ0) is 16.7. The third kappa shape index (κ3) is 5.16. The van der Waals surface area contributed by atoms with Gasteiger partial charge in [0.05, 0.1) is 18.2 Å². The molecule has 0 aliphatic heterocycles. The molecule has 0 amide bonds. The standard InChI is InChI=1S/C13H9IO8/c1-20-10(15)2-3-11(16)21-9-5-7(12(17)18)4-8(6-9)13(19)22-14/h2-6H,1H3,(H,17,18)/b3-2+. The van der Waals surface area contributed by atoms with Gasteiger partial charge in [0.1, 0.15) is 5.75 Å². The van der Waals surface area contributed by atoms with Crippen LogP contribution >= 0.6 is 23.0 Å². The molecule has 1 aromatic carbocycles. The SMILES string of the molecule is COC(=O)/C=C/C(=O)Oc1cc(C(=O)O)cc(C(=O)OI)c1. The lowest BCUT2D eigenvalue weighted by atomic mass is 10.1. The Bertz CT molecular complexity index is 649. The molecule has 0 radical (unpaired) electrons. The summed E-state index contributed by atoms with van der Waals surface area (Å²) in [6.45, 7) is 0. The van der Waals surface area contributed by atoms with E-state index in [9.17, 15) is 19.2 Å². The highest BCUT2D eigenvalue weighted by Gasteiger charge is 2.15. The van der Waals surface area contributed by atoms with Gasteiger partial charge >= 0.3 is 23.9 Å². The second kappa shape index (κ2) is 8.12. The van der Waals surface area contributed by atoms with Crippen LogP contribution in [0, 0.1) is 0 Å². The van der Waals surface area contributed by atoms with E-state index in [2.05, 4.69) is 7.80 Å². The van der Waals surface area contributed by atoms with Gasteiger partial charge in [0.25, 0.3) is 0 Å². The van der Waals surface area contributed by atoms with Crippen molar-refractivity contribution < 1.29 is 36.8 Å². The van der Waals surface area contributed by atoms with E-state index in [0.29, 0.717) is 0 Å². The van der Waals surface area contributed by atoms with Crippen molar-refractivity contribution in [3.8, 4) is 5.75 Å². The maximum absolute atomic E-state index is 11.5. The zero-order valence-electron chi connectivity index (χ0n) is 11.1. The molecule has 0 saturated carbocycles. The highest BCUT2D eigenvalue weighted by atomic mass is 127. The summed E-state index contributed by atoms with van der Waals surface area (Å²) in [6.07, 6.45) is 1.64. The van der Waals surface area contributed by atoms with Crippen molar-refractivity contribution in [1.82, 2.24) is 0 Å². The Morgan fingerprint density at radius 2 is 1.64 bits per heavy atom. The minimum Gasteiger partial charge on any atom is -0.478 e. The van der Waals surface area contributed by atoms with Crippen LogP contribution in [-0.4, -0.2) is 36.1 Å². The number of carboxylic acids is 1. The lowest BCUT2D eigenvalue weighted by Gasteiger charge is -2.05. The molecule has 116 valence electrons. The average molecular weight is 420 g/mol. The van der Waals surface area contributed by atoms with Gasteiger partial charge in [0, 0.05) is 12.2 Å². The summed E-state index contributed by atoms with van der Waals surface area (Å²) in [5, 5.41) is 8.96. The first-order valence-electron chi connectivity index (χ1n) is 5.56. The molecular formula is C13H9IO8. The number of aromatic carboxylic acids is 1. The predicted molar refractivity (Wildman–Crippen MR) is 79.6 cm³/mol. The molecule has 0 fully saturated rings. The van der Waals surface area contributed by atoms with Crippen molar-refractivity contribution in [2.45, 2.75) is 0 Å². The first-order chi connectivity index (χ1) is 10.4. The summed E-state index contributed by atoms with van der Waals surface area (Å²) >= 11 is 1.34. The van der Waals surface area contributed by atoms with Crippen LogP contribution in [0.4, 0.5) is 0 Å². The normalized spacial score (nSPS) is 10.1. The van der Waals surface area contributed by atoms with Gasteiger partial charge in [-0.1, -0.05) is 0 Å². The first-order valence-corrected chi connectivity index (χ1v) is 6.44. The van der Waals surface area contributed by atoms with Gasteiger partial charge in [-0.3, -0.25) is 0 Å². The van der Waals surface area contributed by atoms with E-state index in [4.69, 9.17) is 9.84 Å². The van der Waals surface area contributed by atoms with Gasteiger partial charge in [0.15, 0.2) is 23.0 Å². The molecule has 0 unspecified atom stereocenters. The fraction of sp³-hybridized carbons (Fsp3) is 0.0769. The molecule has 0 aliphatic rings. The van der Waals surface area contributed by atoms with Crippen LogP contribution in [0.2, 0.25) is 0 Å². The van der Waals surface area contributed by atoms with Crippen molar-refractivity contribution in [2.24, 2.45) is 0 Å². The Morgan fingerprint density at radius 1 is 1.05 bits per heavy atom. The quantitative estimate of drug-likeness (QED) is 0.330. The molecule has 0 heterocycles. The summed E-state index contributed by atoms with van der Waals surface area (Å²) < 4.78 is 13.6. The van der Waals surface area contributed by atoms with Crippen LogP contribution in [0.15, 0.2) is 30.4 Å². The van der Waals surface area contributed by atoms with Gasteiger partial charge in [-0.2, -0.15) is 0 Å². The van der Waals surface area contributed by atoms with E-state index in [0.717, 1.165) is 37.5 Å². The fourth-order valence-corrected chi connectivity index (χ4v) is 1.55. The Balaban J connectivity index is 3.03. The molecule has 9 heteroatoms. The molecule has 22 heavy (non-hydrogen) atoms. The Kier molecular flexibility index (Phi) is 6.50. The molecule has 1 aromatic rings. The van der Waals surface area contributed by atoms with Gasteiger partial charge < -0.3 is 17.6 Å². The van der Waals surface area contributed by atoms with Crippen LogP contribution < -0.4 is 4.74 Å². The van der Waals surface area contributed by atoms with E-state index in [1.807, 2.05) is 0 Å². The fourth-order valence-electron chi connectivity index (χ4n) is 1.30. The van der Waals surface area contributed by atoms with Crippen LogP contribution in [-0.2, 0) is 17.4 Å². The lowest BCUT2D eigenvalue weighted by molar-refractivity contribution is -0.135. The van der Waals surface area contributed by atoms with Crippen molar-refractivity contribution >= 4 is 46.9 Å². The Morgan fingerprint density at radius 3 is 2.18 bits per heavy atom. The molecule has 0 aliphatic carbocycles. The number of hydrogen-bond donors (Lipinski definition) is 1. The predicted octanol–water partition coefficient (Wildman–Crippen LogP) is 1.53. The molecule has 8 nitrogen and oxygen atoms in total. The highest BCUT2D eigenvalue weighted by Crippen LogP contribution is 2.19. The minimum atomic E-state index is -1.31. The van der Waals surface area contributed by atoms with Gasteiger partial charge in [-0.15, -0.1) is 0 Å². The van der Waals surface area contributed by atoms with Crippen LogP contribution in [0.5, 0.6) is 5.75 Å². The summed E-state index contributed by atoms with van der Waals surface area (Å²) in [5.41, 5.74) is -0.368. The van der Waals surface area contributed by atoms with Crippen LogP contribution in [0.1, 0.15) is 20.7 Å². The van der Waals surface area contributed by atoms with E-state index in [1.54, 1.807) is 0 Å².